The molecule has 1 aromatic carbocycles. The number of sulfonamides is 1. The van der Waals surface area contributed by atoms with Crippen molar-refractivity contribution < 1.29 is 22.7 Å². The first kappa shape index (κ1) is 23.5. The number of hydrogen-bond acceptors (Lipinski definition) is 6. The molecule has 0 spiro atoms. The number of amides is 1. The lowest BCUT2D eigenvalue weighted by Gasteiger charge is -2.26. The van der Waals surface area contributed by atoms with Crippen molar-refractivity contribution in [3.05, 3.63) is 52.3 Å². The van der Waals surface area contributed by atoms with E-state index in [1.165, 1.54) is 47.8 Å². The minimum atomic E-state index is -3.70. The van der Waals surface area contributed by atoms with Gasteiger partial charge in [-0.05, 0) is 50.1 Å². The summed E-state index contributed by atoms with van der Waals surface area (Å²) in [5, 5.41) is 2.90. The number of esters is 1. The van der Waals surface area contributed by atoms with Crippen LogP contribution in [-0.2, 0) is 19.6 Å². The maximum absolute atomic E-state index is 12.9. The van der Waals surface area contributed by atoms with Gasteiger partial charge in [-0.3, -0.25) is 4.79 Å². The van der Waals surface area contributed by atoms with Crippen molar-refractivity contribution in [1.29, 1.82) is 0 Å². The molecule has 166 valence electrons. The van der Waals surface area contributed by atoms with E-state index >= 15 is 0 Å². The zero-order chi connectivity index (χ0) is 22.6. The first-order valence-corrected chi connectivity index (χ1v) is 11.8. The van der Waals surface area contributed by atoms with E-state index in [0.29, 0.717) is 13.1 Å². The van der Waals surface area contributed by atoms with Crippen molar-refractivity contribution in [2.24, 2.45) is 0 Å². The first-order chi connectivity index (χ1) is 14.7. The molecule has 3 rings (SSSR count). The van der Waals surface area contributed by atoms with Gasteiger partial charge in [0.25, 0.3) is 5.91 Å². The molecule has 8 nitrogen and oxygen atoms in total. The molecule has 0 aliphatic carbocycles. The smallest absolute Gasteiger partial charge is 0.340 e. The Labute approximate surface area is 190 Å². The average Bonchev–Trinajstić information content (AvgIpc) is 2.76. The fourth-order valence-electron chi connectivity index (χ4n) is 3.03. The monoisotopic (exact) mass is 485 g/mol. The number of aromatic nitrogens is 1. The van der Waals surface area contributed by atoms with Gasteiger partial charge in [0.05, 0.1) is 21.2 Å². The van der Waals surface area contributed by atoms with Crippen molar-refractivity contribution in [2.75, 3.05) is 18.4 Å². The second kappa shape index (κ2) is 9.95. The zero-order valence-corrected chi connectivity index (χ0v) is 19.0. The molecule has 0 saturated carbocycles. The highest BCUT2D eigenvalue weighted by Gasteiger charge is 2.27. The summed E-state index contributed by atoms with van der Waals surface area (Å²) in [7, 11) is -3.70. The van der Waals surface area contributed by atoms with E-state index in [1.54, 1.807) is 0 Å². The van der Waals surface area contributed by atoms with E-state index in [4.69, 9.17) is 27.9 Å². The molecule has 31 heavy (non-hydrogen) atoms. The van der Waals surface area contributed by atoms with Crippen molar-refractivity contribution in [3.63, 3.8) is 0 Å². The van der Waals surface area contributed by atoms with Gasteiger partial charge >= 0.3 is 5.97 Å². The number of nitrogens with one attached hydrogen (secondary N) is 1. The van der Waals surface area contributed by atoms with Gasteiger partial charge in [-0.2, -0.15) is 4.31 Å². The third-order valence-corrected chi connectivity index (χ3v) is 7.21. The summed E-state index contributed by atoms with van der Waals surface area (Å²) < 4.78 is 32.3. The van der Waals surface area contributed by atoms with Crippen LogP contribution >= 0.6 is 23.2 Å². The van der Waals surface area contributed by atoms with Crippen LogP contribution < -0.4 is 5.32 Å². The number of carbonyl (C=O) groups is 2. The Morgan fingerprint density at radius 3 is 2.48 bits per heavy atom. The Kier molecular flexibility index (Phi) is 7.53. The highest BCUT2D eigenvalue weighted by Crippen LogP contribution is 2.28. The topological polar surface area (TPSA) is 106 Å². The standard InChI is InChI=1S/C20H21Cl2N3O5S/c1-13(30-20(27)14-5-8-18(22)23-12-14)19(26)24-17-11-15(6-7-16(17)21)31(28,29)25-9-3-2-4-10-25/h5-8,11-13H,2-4,9-10H2,1H3,(H,24,26)/t13-/m0/s1. The molecule has 1 aliphatic rings. The zero-order valence-electron chi connectivity index (χ0n) is 16.7. The molecule has 2 aromatic rings. The summed E-state index contributed by atoms with van der Waals surface area (Å²) >= 11 is 11.8. The average molecular weight is 486 g/mol. The predicted molar refractivity (Wildman–Crippen MR) is 117 cm³/mol. The fourth-order valence-corrected chi connectivity index (χ4v) is 4.85. The van der Waals surface area contributed by atoms with E-state index in [-0.39, 0.29) is 26.3 Å². The van der Waals surface area contributed by atoms with Crippen molar-refractivity contribution in [2.45, 2.75) is 37.2 Å². The minimum absolute atomic E-state index is 0.0333. The molecule has 1 amide bonds. The Morgan fingerprint density at radius 2 is 1.84 bits per heavy atom. The van der Waals surface area contributed by atoms with Crippen LogP contribution in [0.5, 0.6) is 0 Å². The molecule has 0 bridgehead atoms. The highest BCUT2D eigenvalue weighted by molar-refractivity contribution is 7.89. The van der Waals surface area contributed by atoms with E-state index in [1.807, 2.05) is 0 Å². The predicted octanol–water partition coefficient (Wildman–Crippen LogP) is 3.75. The van der Waals surface area contributed by atoms with Gasteiger partial charge in [-0.25, -0.2) is 18.2 Å². The summed E-state index contributed by atoms with van der Waals surface area (Å²) in [5.41, 5.74) is 0.248. The summed E-state index contributed by atoms with van der Waals surface area (Å²) in [6.07, 6.45) is 2.68. The van der Waals surface area contributed by atoms with Crippen molar-refractivity contribution in [1.82, 2.24) is 9.29 Å². The molecule has 1 aromatic heterocycles. The van der Waals surface area contributed by atoms with Gasteiger partial charge in [0, 0.05) is 19.3 Å². The Balaban J connectivity index is 1.71. The number of ether oxygens (including phenoxy) is 1. The number of rotatable bonds is 6. The number of hydrogen-bond donors (Lipinski definition) is 1. The number of pyridine rings is 1. The van der Waals surface area contributed by atoms with Crippen molar-refractivity contribution in [3.8, 4) is 0 Å². The number of nitrogens with zero attached hydrogens (tertiary/aromatic N) is 2. The van der Waals surface area contributed by atoms with E-state index < -0.39 is 28.0 Å². The van der Waals surface area contributed by atoms with Crippen molar-refractivity contribution >= 4 is 50.8 Å². The molecule has 0 radical (unpaired) electrons. The molecule has 1 N–H and O–H groups in total. The van der Waals surface area contributed by atoms with Crippen LogP contribution in [0.4, 0.5) is 5.69 Å². The molecule has 1 saturated heterocycles. The third-order valence-electron chi connectivity index (χ3n) is 4.76. The maximum atomic E-state index is 12.9. The Morgan fingerprint density at radius 1 is 1.13 bits per heavy atom. The second-order valence-electron chi connectivity index (χ2n) is 7.01. The maximum Gasteiger partial charge on any atom is 0.340 e. The van der Waals surface area contributed by atoms with Gasteiger partial charge in [0.1, 0.15) is 5.15 Å². The van der Waals surface area contributed by atoms with Gasteiger partial charge in [0.15, 0.2) is 6.10 Å². The van der Waals surface area contributed by atoms with Crippen LogP contribution in [0.25, 0.3) is 0 Å². The summed E-state index contributed by atoms with van der Waals surface area (Å²) in [6.45, 7) is 2.30. The van der Waals surface area contributed by atoms with Crippen LogP contribution in [0, 0.1) is 0 Å². The van der Waals surface area contributed by atoms with E-state index in [0.717, 1.165) is 19.3 Å². The normalized spacial score (nSPS) is 15.8. The van der Waals surface area contributed by atoms with Crippen LogP contribution in [-0.4, -0.2) is 48.8 Å². The second-order valence-corrected chi connectivity index (χ2v) is 9.75. The van der Waals surface area contributed by atoms with Gasteiger partial charge < -0.3 is 10.1 Å². The van der Waals surface area contributed by atoms with Crippen LogP contribution in [0.3, 0.4) is 0 Å². The largest absolute Gasteiger partial charge is 0.449 e. The number of carbonyl (C=O) groups excluding carboxylic acids is 2. The summed E-state index contributed by atoms with van der Waals surface area (Å²) in [6, 6.07) is 6.97. The molecule has 1 fully saturated rings. The molecule has 1 aliphatic heterocycles. The Bertz CT molecular complexity index is 1070. The molecular weight excluding hydrogens is 465 g/mol. The van der Waals surface area contributed by atoms with Gasteiger partial charge in [0.2, 0.25) is 10.0 Å². The van der Waals surface area contributed by atoms with Crippen LogP contribution in [0.15, 0.2) is 41.4 Å². The molecule has 0 unspecified atom stereocenters. The number of anilines is 1. The Hall–Kier alpha value is -2.20. The molecule has 1 atom stereocenters. The van der Waals surface area contributed by atoms with E-state index in [9.17, 15) is 18.0 Å². The lowest BCUT2D eigenvalue weighted by molar-refractivity contribution is -0.123. The first-order valence-electron chi connectivity index (χ1n) is 9.61. The summed E-state index contributed by atoms with van der Waals surface area (Å²) in [4.78, 5) is 28.5. The molecule has 11 heteroatoms. The quantitative estimate of drug-likeness (QED) is 0.493. The highest BCUT2D eigenvalue weighted by atomic mass is 35.5. The number of halogens is 2. The fraction of sp³-hybridized carbons (Fsp3) is 0.350. The number of piperidine rings is 1. The van der Waals surface area contributed by atoms with E-state index in [2.05, 4.69) is 10.3 Å². The van der Waals surface area contributed by atoms with Gasteiger partial charge in [-0.1, -0.05) is 29.6 Å². The minimum Gasteiger partial charge on any atom is -0.449 e. The summed E-state index contributed by atoms with van der Waals surface area (Å²) in [5.74, 6) is -1.41. The van der Waals surface area contributed by atoms with Crippen LogP contribution in [0.2, 0.25) is 10.2 Å². The lowest BCUT2D eigenvalue weighted by atomic mass is 10.2. The van der Waals surface area contributed by atoms with Crippen LogP contribution in [0.1, 0.15) is 36.5 Å². The SMILES string of the molecule is C[C@H](OC(=O)c1ccc(Cl)nc1)C(=O)Nc1cc(S(=O)(=O)N2CCCCC2)ccc1Cl. The lowest BCUT2D eigenvalue weighted by Crippen LogP contribution is -2.35. The molecule has 2 heterocycles. The molecular formula is C20H21Cl2N3O5S. The third kappa shape index (κ3) is 5.74. The van der Waals surface area contributed by atoms with Gasteiger partial charge in [-0.15, -0.1) is 0 Å². The number of benzene rings is 1.